The summed E-state index contributed by atoms with van der Waals surface area (Å²) in [6, 6.07) is 0. The van der Waals surface area contributed by atoms with Gasteiger partial charge in [0.2, 0.25) is 0 Å². The topological polar surface area (TPSA) is 96.4 Å². The highest BCUT2D eigenvalue weighted by atomic mass is 31.2. The summed E-state index contributed by atoms with van der Waals surface area (Å²) in [6.07, 6.45) is -1.98. The van der Waals surface area contributed by atoms with E-state index in [1.807, 2.05) is 0 Å². The van der Waals surface area contributed by atoms with Gasteiger partial charge in [0.25, 0.3) is 11.8 Å². The van der Waals surface area contributed by atoms with Crippen LogP contribution in [-0.4, -0.2) is 74.2 Å². The molecule has 1 unspecified atom stereocenters. The van der Waals surface area contributed by atoms with Gasteiger partial charge >= 0.3 is 7.60 Å². The number of likely N-dealkylation sites (N-methyl/N-ethyl adjacent to an activating group) is 2. The van der Waals surface area contributed by atoms with Crippen molar-refractivity contribution in [3.63, 3.8) is 0 Å². The molecule has 0 aromatic rings. The Morgan fingerprint density at radius 2 is 1.62 bits per heavy atom. The van der Waals surface area contributed by atoms with E-state index in [9.17, 15) is 19.3 Å². The minimum Gasteiger partial charge on any atom is -0.380 e. The fourth-order valence-electron chi connectivity index (χ4n) is 1.37. The van der Waals surface area contributed by atoms with Crippen LogP contribution in [0.1, 0.15) is 6.92 Å². The minimum atomic E-state index is -3.73. The molecule has 0 bridgehead atoms. The highest BCUT2D eigenvalue weighted by molar-refractivity contribution is 7.57. The molecular formula is C12H23N2O6P. The number of carbonyl (C=O) groups excluding carboxylic acids is 2. The molecule has 0 aromatic carbocycles. The van der Waals surface area contributed by atoms with Crippen LogP contribution in [0.5, 0.6) is 0 Å². The van der Waals surface area contributed by atoms with E-state index in [1.165, 1.54) is 34.3 Å². The normalized spacial score (nSPS) is 17.1. The second kappa shape index (κ2) is 8.29. The molecular weight excluding hydrogens is 299 g/mol. The monoisotopic (exact) mass is 322 g/mol. The van der Waals surface area contributed by atoms with Crippen molar-refractivity contribution < 1.29 is 28.3 Å². The molecule has 1 N–H and O–H groups in total. The summed E-state index contributed by atoms with van der Waals surface area (Å²) in [4.78, 5) is 26.1. The Morgan fingerprint density at radius 3 is 1.95 bits per heavy atom. The smallest absolute Gasteiger partial charge is 0.354 e. The Hall–Kier alpha value is -1.21. The lowest BCUT2D eigenvalue weighted by atomic mass is 10.1. The van der Waals surface area contributed by atoms with Crippen LogP contribution in [0.4, 0.5) is 0 Å². The van der Waals surface area contributed by atoms with Gasteiger partial charge in [-0.2, -0.15) is 0 Å². The zero-order chi connectivity index (χ0) is 16.8. The van der Waals surface area contributed by atoms with Crippen molar-refractivity contribution in [1.29, 1.82) is 0 Å². The average Bonchev–Trinajstić information content (AvgIpc) is 2.42. The fraction of sp³-hybridized carbons (Fsp3) is 0.667. The standard InChI is InChI=1S/C12H23N2O6P/c1-7-8-21(18,19-6)20-10(12(17)14(4)5)9(15)11(16)13(2)3/h7-10,15H,1-6H3/b8-7-/t9-,10-,21?/m1/s1. The third kappa shape index (κ3) is 5.59. The lowest BCUT2D eigenvalue weighted by Gasteiger charge is -2.27. The van der Waals surface area contributed by atoms with Crippen molar-refractivity contribution >= 4 is 19.4 Å². The lowest BCUT2D eigenvalue weighted by Crippen LogP contribution is -2.49. The Kier molecular flexibility index (Phi) is 7.81. The fourth-order valence-corrected chi connectivity index (χ4v) is 2.53. The van der Waals surface area contributed by atoms with E-state index in [-0.39, 0.29) is 0 Å². The van der Waals surface area contributed by atoms with Gasteiger partial charge in [-0.1, -0.05) is 6.08 Å². The van der Waals surface area contributed by atoms with Crippen molar-refractivity contribution in [1.82, 2.24) is 9.80 Å². The predicted octanol–water partition coefficient (Wildman–Crippen LogP) is 0.282. The number of hydrogen-bond donors (Lipinski definition) is 1. The van der Waals surface area contributed by atoms with Gasteiger partial charge in [-0.25, -0.2) is 0 Å². The molecule has 0 spiro atoms. The number of allylic oxidation sites excluding steroid dienone is 1. The number of hydrogen-bond acceptors (Lipinski definition) is 6. The van der Waals surface area contributed by atoms with E-state index >= 15 is 0 Å². The Balaban J connectivity index is 5.49. The molecule has 0 rings (SSSR count). The van der Waals surface area contributed by atoms with Gasteiger partial charge in [-0.3, -0.25) is 18.7 Å². The number of aliphatic hydroxyl groups is 1. The summed E-state index contributed by atoms with van der Waals surface area (Å²) in [5.41, 5.74) is 0. The minimum absolute atomic E-state index is 0.695. The van der Waals surface area contributed by atoms with E-state index in [0.717, 1.165) is 22.7 Å². The van der Waals surface area contributed by atoms with Crippen molar-refractivity contribution in [3.05, 3.63) is 11.9 Å². The zero-order valence-corrected chi connectivity index (χ0v) is 14.0. The third-order valence-corrected chi connectivity index (χ3v) is 4.20. The number of amides is 2. The molecule has 0 aliphatic rings. The van der Waals surface area contributed by atoms with Gasteiger partial charge in [0.1, 0.15) is 0 Å². The van der Waals surface area contributed by atoms with Gasteiger partial charge in [0.15, 0.2) is 12.2 Å². The van der Waals surface area contributed by atoms with Gasteiger partial charge in [-0.15, -0.1) is 0 Å². The molecule has 0 saturated carbocycles. The van der Waals surface area contributed by atoms with Gasteiger partial charge < -0.3 is 19.4 Å². The van der Waals surface area contributed by atoms with Crippen molar-refractivity contribution in [2.24, 2.45) is 0 Å². The lowest BCUT2D eigenvalue weighted by molar-refractivity contribution is -0.153. The van der Waals surface area contributed by atoms with E-state index in [2.05, 4.69) is 0 Å². The van der Waals surface area contributed by atoms with Crippen LogP contribution < -0.4 is 0 Å². The summed E-state index contributed by atoms with van der Waals surface area (Å²) in [5.74, 6) is -0.284. The molecule has 9 heteroatoms. The highest BCUT2D eigenvalue weighted by Gasteiger charge is 2.40. The molecule has 0 aliphatic heterocycles. The predicted molar refractivity (Wildman–Crippen MR) is 77.7 cm³/mol. The maximum absolute atomic E-state index is 12.3. The quantitative estimate of drug-likeness (QED) is 0.676. The first kappa shape index (κ1) is 19.8. The third-order valence-electron chi connectivity index (χ3n) is 2.51. The molecule has 122 valence electrons. The number of aliphatic hydroxyl groups excluding tert-OH is 1. The maximum Gasteiger partial charge on any atom is 0.354 e. The van der Waals surface area contributed by atoms with Crippen LogP contribution in [0.15, 0.2) is 11.9 Å². The summed E-state index contributed by atoms with van der Waals surface area (Å²) >= 11 is 0. The highest BCUT2D eigenvalue weighted by Crippen LogP contribution is 2.50. The molecule has 0 aromatic heterocycles. The van der Waals surface area contributed by atoms with E-state index < -0.39 is 31.6 Å². The molecule has 3 atom stereocenters. The Morgan fingerprint density at radius 1 is 1.14 bits per heavy atom. The molecule has 0 aliphatic carbocycles. The van der Waals surface area contributed by atoms with Crippen molar-refractivity contribution in [2.45, 2.75) is 19.1 Å². The summed E-state index contributed by atoms with van der Waals surface area (Å²) in [6.45, 7) is 1.60. The second-order valence-electron chi connectivity index (χ2n) is 4.64. The van der Waals surface area contributed by atoms with Gasteiger partial charge in [0, 0.05) is 41.1 Å². The zero-order valence-electron chi connectivity index (χ0n) is 13.1. The summed E-state index contributed by atoms with van der Waals surface area (Å²) in [5, 5.41) is 10.0. The molecule has 2 amide bonds. The molecule has 0 saturated heterocycles. The average molecular weight is 322 g/mol. The molecule has 0 heterocycles. The van der Waals surface area contributed by atoms with E-state index in [1.54, 1.807) is 6.92 Å². The SMILES string of the molecule is C/C=C\P(=O)(OC)O[C@@H](C(=O)N(C)C)[C@@H](O)C(=O)N(C)C. The van der Waals surface area contributed by atoms with Crippen LogP contribution in [0.25, 0.3) is 0 Å². The first-order valence-corrected chi connectivity index (χ1v) is 7.79. The van der Waals surface area contributed by atoms with E-state index in [0.29, 0.717) is 0 Å². The second-order valence-corrected chi connectivity index (χ2v) is 6.59. The number of carbonyl (C=O) groups is 2. The van der Waals surface area contributed by atoms with Gasteiger partial charge in [0.05, 0.1) is 0 Å². The first-order valence-electron chi connectivity index (χ1n) is 6.17. The van der Waals surface area contributed by atoms with E-state index in [4.69, 9.17) is 9.05 Å². The van der Waals surface area contributed by atoms with Crippen LogP contribution in [0.2, 0.25) is 0 Å². The van der Waals surface area contributed by atoms with Gasteiger partial charge in [-0.05, 0) is 6.92 Å². The van der Waals surface area contributed by atoms with Crippen LogP contribution >= 0.6 is 7.60 Å². The molecule has 0 fully saturated rings. The summed E-state index contributed by atoms with van der Waals surface area (Å²) < 4.78 is 22.2. The molecule has 8 nitrogen and oxygen atoms in total. The summed E-state index contributed by atoms with van der Waals surface area (Å²) in [7, 11) is 3.12. The number of rotatable bonds is 7. The van der Waals surface area contributed by atoms with Crippen LogP contribution in [0.3, 0.4) is 0 Å². The van der Waals surface area contributed by atoms with Crippen molar-refractivity contribution in [2.75, 3.05) is 35.3 Å². The molecule has 21 heavy (non-hydrogen) atoms. The van der Waals surface area contributed by atoms with Crippen molar-refractivity contribution in [3.8, 4) is 0 Å². The Bertz CT molecular complexity index is 449. The first-order chi connectivity index (χ1) is 9.59. The number of nitrogens with zero attached hydrogens (tertiary/aromatic N) is 2. The van der Waals surface area contributed by atoms with Crippen LogP contribution in [-0.2, 0) is 23.2 Å². The Labute approximate surface area is 124 Å². The van der Waals surface area contributed by atoms with Crippen LogP contribution in [0, 0.1) is 0 Å². The maximum atomic E-state index is 12.3. The molecule has 0 radical (unpaired) electrons. The largest absolute Gasteiger partial charge is 0.380 e.